The number of amides is 2. The smallest absolute Gasteiger partial charge is 0.322 e. The highest BCUT2D eigenvalue weighted by atomic mass is 35.5. The highest BCUT2D eigenvalue weighted by Crippen LogP contribution is 2.36. The van der Waals surface area contributed by atoms with Gasteiger partial charge in [0, 0.05) is 35.5 Å². The van der Waals surface area contributed by atoms with E-state index in [1.165, 1.54) is 12.1 Å². The highest BCUT2D eigenvalue weighted by Gasteiger charge is 2.20. The van der Waals surface area contributed by atoms with E-state index in [-0.39, 0.29) is 22.6 Å². The van der Waals surface area contributed by atoms with Crippen LogP contribution >= 0.6 is 11.6 Å². The summed E-state index contributed by atoms with van der Waals surface area (Å²) in [6.45, 7) is 0.613. The zero-order chi connectivity index (χ0) is 19.5. The molecular weight excluding hydrogens is 383 g/mol. The van der Waals surface area contributed by atoms with Crippen molar-refractivity contribution in [2.24, 2.45) is 0 Å². The Labute approximate surface area is 166 Å². The predicted octanol–water partition coefficient (Wildman–Crippen LogP) is 4.74. The lowest BCUT2D eigenvalue weighted by Crippen LogP contribution is -2.41. The third-order valence-corrected chi connectivity index (χ3v) is 4.87. The van der Waals surface area contributed by atoms with Gasteiger partial charge < -0.3 is 10.1 Å². The molecular formula is C20H18ClFN4O2. The third kappa shape index (κ3) is 3.90. The van der Waals surface area contributed by atoms with Crippen LogP contribution in [-0.2, 0) is 4.74 Å². The molecule has 1 unspecified atom stereocenters. The fourth-order valence-electron chi connectivity index (χ4n) is 3.20. The first-order valence-electron chi connectivity index (χ1n) is 9.00. The van der Waals surface area contributed by atoms with Crippen LogP contribution in [0.4, 0.5) is 15.0 Å². The summed E-state index contributed by atoms with van der Waals surface area (Å²) in [7, 11) is 0. The molecule has 0 radical (unpaired) electrons. The number of hydrogen-bond donors (Lipinski definition) is 2. The van der Waals surface area contributed by atoms with E-state index in [0.717, 1.165) is 19.3 Å². The number of fused-ring (bicyclic) bond motifs is 1. The Morgan fingerprint density at radius 2 is 2.18 bits per heavy atom. The maximum absolute atomic E-state index is 14.6. The summed E-state index contributed by atoms with van der Waals surface area (Å²) in [6.07, 6.45) is 5.60. The summed E-state index contributed by atoms with van der Waals surface area (Å²) in [6, 6.07) is 7.39. The van der Waals surface area contributed by atoms with Gasteiger partial charge in [-0.2, -0.15) is 0 Å². The van der Waals surface area contributed by atoms with E-state index in [4.69, 9.17) is 16.3 Å². The molecule has 1 saturated heterocycles. The van der Waals surface area contributed by atoms with Crippen LogP contribution in [-0.4, -0.2) is 28.8 Å². The molecule has 1 fully saturated rings. The summed E-state index contributed by atoms with van der Waals surface area (Å²) >= 11 is 6.25. The van der Waals surface area contributed by atoms with Crippen LogP contribution in [0, 0.1) is 5.82 Å². The van der Waals surface area contributed by atoms with Gasteiger partial charge in [0.2, 0.25) is 0 Å². The van der Waals surface area contributed by atoms with Crippen molar-refractivity contribution in [2.45, 2.75) is 25.5 Å². The monoisotopic (exact) mass is 400 g/mol. The van der Waals surface area contributed by atoms with Crippen LogP contribution in [0.1, 0.15) is 19.3 Å². The van der Waals surface area contributed by atoms with Crippen molar-refractivity contribution in [3.05, 3.63) is 53.6 Å². The lowest BCUT2D eigenvalue weighted by molar-refractivity contribution is 0.00342. The maximum Gasteiger partial charge on any atom is 0.322 e. The van der Waals surface area contributed by atoms with Gasteiger partial charge >= 0.3 is 6.03 Å². The van der Waals surface area contributed by atoms with E-state index < -0.39 is 11.8 Å². The number of anilines is 1. The van der Waals surface area contributed by atoms with Crippen LogP contribution < -0.4 is 10.6 Å². The fraction of sp³-hybridized carbons (Fsp3) is 0.250. The molecule has 0 aliphatic carbocycles. The van der Waals surface area contributed by atoms with E-state index in [1.807, 2.05) is 0 Å². The molecule has 1 atom stereocenters. The second-order valence-corrected chi connectivity index (χ2v) is 6.91. The number of benzene rings is 1. The fourth-order valence-corrected chi connectivity index (χ4v) is 3.47. The average molecular weight is 401 g/mol. The van der Waals surface area contributed by atoms with Crippen molar-refractivity contribution < 1.29 is 13.9 Å². The van der Waals surface area contributed by atoms with Crippen LogP contribution in [0.25, 0.3) is 22.0 Å². The zero-order valence-electron chi connectivity index (χ0n) is 14.9. The first kappa shape index (κ1) is 18.6. The quantitative estimate of drug-likeness (QED) is 0.666. The Kier molecular flexibility index (Phi) is 5.36. The SMILES string of the molecule is O=C(Nc1nc2ccncc2cc1-c1c(F)cccc1Cl)NC1CCCCO1. The van der Waals surface area contributed by atoms with Gasteiger partial charge in [-0.05, 0) is 43.5 Å². The maximum atomic E-state index is 14.6. The molecule has 1 aliphatic heterocycles. The summed E-state index contributed by atoms with van der Waals surface area (Å²) in [5.41, 5.74) is 1.17. The molecule has 1 aliphatic rings. The number of nitrogens with one attached hydrogen (secondary N) is 2. The molecule has 0 spiro atoms. The minimum Gasteiger partial charge on any atom is -0.358 e. The molecule has 6 nitrogen and oxygen atoms in total. The highest BCUT2D eigenvalue weighted by molar-refractivity contribution is 6.33. The van der Waals surface area contributed by atoms with Gasteiger partial charge in [0.15, 0.2) is 0 Å². The second kappa shape index (κ2) is 8.08. The zero-order valence-corrected chi connectivity index (χ0v) is 15.7. The van der Waals surface area contributed by atoms with E-state index in [9.17, 15) is 9.18 Å². The number of carbonyl (C=O) groups excluding carboxylic acids is 1. The van der Waals surface area contributed by atoms with E-state index in [2.05, 4.69) is 20.6 Å². The lowest BCUT2D eigenvalue weighted by atomic mass is 10.0. The summed E-state index contributed by atoms with van der Waals surface area (Å²) in [5.74, 6) is -0.296. The molecule has 0 saturated carbocycles. The molecule has 3 aromatic rings. The summed E-state index contributed by atoms with van der Waals surface area (Å²) in [5, 5.41) is 6.42. The minimum atomic E-state index is -0.503. The number of carbonyl (C=O) groups is 1. The van der Waals surface area contributed by atoms with Gasteiger partial charge in [-0.15, -0.1) is 0 Å². The number of aromatic nitrogens is 2. The molecule has 2 aromatic heterocycles. The Morgan fingerprint density at radius 3 is 2.96 bits per heavy atom. The van der Waals surface area contributed by atoms with Crippen molar-refractivity contribution in [3.8, 4) is 11.1 Å². The predicted molar refractivity (Wildman–Crippen MR) is 106 cm³/mol. The number of hydrogen-bond acceptors (Lipinski definition) is 4. The largest absolute Gasteiger partial charge is 0.358 e. The Balaban J connectivity index is 1.72. The van der Waals surface area contributed by atoms with Gasteiger partial charge in [0.1, 0.15) is 17.9 Å². The second-order valence-electron chi connectivity index (χ2n) is 6.50. The molecule has 2 amide bonds. The average Bonchev–Trinajstić information content (AvgIpc) is 2.69. The van der Waals surface area contributed by atoms with Crippen LogP contribution in [0.2, 0.25) is 5.02 Å². The molecule has 4 rings (SSSR count). The normalized spacial score (nSPS) is 16.7. The van der Waals surface area contributed by atoms with Crippen molar-refractivity contribution >= 4 is 34.4 Å². The minimum absolute atomic E-state index is 0.173. The number of pyridine rings is 2. The number of urea groups is 1. The molecule has 2 N–H and O–H groups in total. The Morgan fingerprint density at radius 1 is 1.29 bits per heavy atom. The topological polar surface area (TPSA) is 76.1 Å². The Hall–Kier alpha value is -2.77. The number of halogens is 2. The molecule has 8 heteroatoms. The first-order chi connectivity index (χ1) is 13.6. The molecule has 144 valence electrons. The molecule has 1 aromatic carbocycles. The third-order valence-electron chi connectivity index (χ3n) is 4.55. The van der Waals surface area contributed by atoms with Gasteiger partial charge in [0.05, 0.1) is 10.5 Å². The number of rotatable bonds is 3. The van der Waals surface area contributed by atoms with Crippen molar-refractivity contribution in [2.75, 3.05) is 11.9 Å². The number of ether oxygens (including phenoxy) is 1. The van der Waals surface area contributed by atoms with Gasteiger partial charge in [-0.1, -0.05) is 17.7 Å². The van der Waals surface area contributed by atoms with Gasteiger partial charge in [0.25, 0.3) is 0 Å². The molecule has 28 heavy (non-hydrogen) atoms. The van der Waals surface area contributed by atoms with Crippen molar-refractivity contribution in [1.82, 2.24) is 15.3 Å². The summed E-state index contributed by atoms with van der Waals surface area (Å²) < 4.78 is 20.1. The van der Waals surface area contributed by atoms with Gasteiger partial charge in [-0.25, -0.2) is 14.2 Å². The van der Waals surface area contributed by atoms with E-state index in [1.54, 1.807) is 30.6 Å². The van der Waals surface area contributed by atoms with Gasteiger partial charge in [-0.3, -0.25) is 10.3 Å². The van der Waals surface area contributed by atoms with Crippen molar-refractivity contribution in [3.63, 3.8) is 0 Å². The summed E-state index contributed by atoms with van der Waals surface area (Å²) in [4.78, 5) is 21.1. The molecule has 0 bridgehead atoms. The first-order valence-corrected chi connectivity index (χ1v) is 9.38. The molecule has 3 heterocycles. The van der Waals surface area contributed by atoms with E-state index >= 15 is 0 Å². The van der Waals surface area contributed by atoms with Crippen molar-refractivity contribution in [1.29, 1.82) is 0 Å². The Bertz CT molecular complexity index is 1000. The lowest BCUT2D eigenvalue weighted by Gasteiger charge is -2.23. The van der Waals surface area contributed by atoms with E-state index in [0.29, 0.717) is 23.1 Å². The number of nitrogens with zero attached hydrogens (tertiary/aromatic N) is 2. The van der Waals surface area contributed by atoms with Crippen LogP contribution in [0.5, 0.6) is 0 Å². The standard InChI is InChI=1S/C20H18ClFN4O2/c21-14-4-3-5-15(22)18(14)13-10-12-11-23-8-7-16(12)24-19(13)26-20(27)25-17-6-1-2-9-28-17/h3-5,7-8,10-11,17H,1-2,6,9H2,(H2,24,25,26,27). The van der Waals surface area contributed by atoms with Crippen LogP contribution in [0.15, 0.2) is 42.7 Å². The van der Waals surface area contributed by atoms with Crippen LogP contribution in [0.3, 0.4) is 0 Å².